The predicted octanol–water partition coefficient (Wildman–Crippen LogP) is 0.915. The molecule has 0 aliphatic heterocycles. The summed E-state index contributed by atoms with van der Waals surface area (Å²) < 4.78 is 11.9. The standard InChI is InChI=1S/C12H14N4O4S/c1-19-9-4-3-8(5-10(9)20-2)6-16-12(13-14-15-16)21-7-11(17)18/h3-5H,6-7H2,1-2H3,(H,17,18). The summed E-state index contributed by atoms with van der Waals surface area (Å²) in [4.78, 5) is 10.6. The fourth-order valence-corrected chi connectivity index (χ4v) is 2.27. The van der Waals surface area contributed by atoms with Crippen LogP contribution in [0.15, 0.2) is 23.4 Å². The fraction of sp³-hybridized carbons (Fsp3) is 0.333. The smallest absolute Gasteiger partial charge is 0.313 e. The Morgan fingerprint density at radius 2 is 2.10 bits per heavy atom. The third kappa shape index (κ3) is 3.85. The summed E-state index contributed by atoms with van der Waals surface area (Å²) in [7, 11) is 3.13. The molecule has 0 saturated heterocycles. The van der Waals surface area contributed by atoms with Gasteiger partial charge in [0, 0.05) is 0 Å². The van der Waals surface area contributed by atoms with Gasteiger partial charge >= 0.3 is 5.97 Å². The Bertz CT molecular complexity index is 631. The summed E-state index contributed by atoms with van der Waals surface area (Å²) >= 11 is 1.07. The maximum absolute atomic E-state index is 10.6. The van der Waals surface area contributed by atoms with Gasteiger partial charge in [0.25, 0.3) is 0 Å². The lowest BCUT2D eigenvalue weighted by Crippen LogP contribution is -2.06. The zero-order valence-electron chi connectivity index (χ0n) is 11.5. The molecule has 0 amide bonds. The van der Waals surface area contributed by atoms with E-state index < -0.39 is 5.97 Å². The lowest BCUT2D eigenvalue weighted by atomic mass is 10.2. The number of aliphatic carboxylic acids is 1. The monoisotopic (exact) mass is 310 g/mol. The highest BCUT2D eigenvalue weighted by Gasteiger charge is 2.11. The number of benzene rings is 1. The molecule has 1 aromatic carbocycles. The number of tetrazole rings is 1. The van der Waals surface area contributed by atoms with Gasteiger partial charge in [0.15, 0.2) is 11.5 Å². The Hall–Kier alpha value is -2.29. The summed E-state index contributed by atoms with van der Waals surface area (Å²) in [5.41, 5.74) is 0.914. The van der Waals surface area contributed by atoms with Crippen LogP contribution < -0.4 is 9.47 Å². The molecule has 9 heteroatoms. The minimum Gasteiger partial charge on any atom is -0.493 e. The normalized spacial score (nSPS) is 10.4. The minimum absolute atomic E-state index is 0.0910. The summed E-state index contributed by atoms with van der Waals surface area (Å²) in [5.74, 6) is 0.244. The number of carboxylic acid groups (broad SMARTS) is 1. The number of hydrogen-bond donors (Lipinski definition) is 1. The number of ether oxygens (including phenoxy) is 2. The van der Waals surface area contributed by atoms with Gasteiger partial charge in [-0.1, -0.05) is 17.8 Å². The highest BCUT2D eigenvalue weighted by Crippen LogP contribution is 2.28. The third-order valence-corrected chi connectivity index (χ3v) is 3.55. The summed E-state index contributed by atoms with van der Waals surface area (Å²) in [6, 6.07) is 5.49. The number of rotatable bonds is 7. The molecule has 0 fully saturated rings. The number of nitrogens with zero attached hydrogens (tertiary/aromatic N) is 4. The third-order valence-electron chi connectivity index (χ3n) is 2.60. The zero-order chi connectivity index (χ0) is 15.2. The Labute approximate surface area is 125 Å². The van der Waals surface area contributed by atoms with Crippen LogP contribution in [-0.4, -0.2) is 51.3 Å². The van der Waals surface area contributed by atoms with Crippen molar-refractivity contribution in [2.45, 2.75) is 11.7 Å². The Morgan fingerprint density at radius 3 is 2.76 bits per heavy atom. The molecule has 0 saturated carbocycles. The van der Waals surface area contributed by atoms with Crippen LogP contribution in [0.2, 0.25) is 0 Å². The van der Waals surface area contributed by atoms with Gasteiger partial charge < -0.3 is 14.6 Å². The van der Waals surface area contributed by atoms with E-state index in [4.69, 9.17) is 14.6 Å². The number of carboxylic acids is 1. The second-order valence-electron chi connectivity index (χ2n) is 3.99. The maximum atomic E-state index is 10.6. The molecule has 2 rings (SSSR count). The van der Waals surface area contributed by atoms with Crippen LogP contribution in [0.4, 0.5) is 0 Å². The number of thioether (sulfide) groups is 1. The van der Waals surface area contributed by atoms with Crippen molar-refractivity contribution in [1.82, 2.24) is 20.2 Å². The first-order chi connectivity index (χ1) is 10.1. The molecule has 1 aromatic heterocycles. The lowest BCUT2D eigenvalue weighted by Gasteiger charge is -2.10. The molecule has 2 aromatic rings. The quantitative estimate of drug-likeness (QED) is 0.754. The maximum Gasteiger partial charge on any atom is 0.313 e. The van der Waals surface area contributed by atoms with Crippen LogP contribution in [0.25, 0.3) is 0 Å². The van der Waals surface area contributed by atoms with E-state index in [1.54, 1.807) is 20.3 Å². The van der Waals surface area contributed by atoms with Gasteiger partial charge in [-0.15, -0.1) is 5.10 Å². The first kappa shape index (κ1) is 15.1. The van der Waals surface area contributed by atoms with E-state index in [1.165, 1.54) is 4.68 Å². The van der Waals surface area contributed by atoms with E-state index in [1.807, 2.05) is 12.1 Å². The van der Waals surface area contributed by atoms with Crippen molar-refractivity contribution in [3.63, 3.8) is 0 Å². The van der Waals surface area contributed by atoms with Gasteiger partial charge in [0.1, 0.15) is 0 Å². The van der Waals surface area contributed by atoms with Crippen LogP contribution in [0.5, 0.6) is 11.5 Å². The second kappa shape index (κ2) is 6.93. The van der Waals surface area contributed by atoms with E-state index >= 15 is 0 Å². The molecule has 0 spiro atoms. The van der Waals surface area contributed by atoms with Crippen LogP contribution in [0.3, 0.4) is 0 Å². The number of aromatic nitrogens is 4. The number of hydrogen-bond acceptors (Lipinski definition) is 7. The average molecular weight is 310 g/mol. The molecule has 0 radical (unpaired) electrons. The van der Waals surface area contributed by atoms with Gasteiger partial charge in [-0.3, -0.25) is 4.79 Å². The zero-order valence-corrected chi connectivity index (χ0v) is 12.3. The molecule has 21 heavy (non-hydrogen) atoms. The average Bonchev–Trinajstić information content (AvgIpc) is 2.92. The highest BCUT2D eigenvalue weighted by molar-refractivity contribution is 7.99. The van der Waals surface area contributed by atoms with Crippen molar-refractivity contribution in [2.75, 3.05) is 20.0 Å². The molecule has 112 valence electrons. The number of carbonyl (C=O) groups is 1. The van der Waals surface area contributed by atoms with Crippen molar-refractivity contribution in [2.24, 2.45) is 0 Å². The Kier molecular flexibility index (Phi) is 4.99. The number of methoxy groups -OCH3 is 2. The van der Waals surface area contributed by atoms with Crippen LogP contribution in [-0.2, 0) is 11.3 Å². The Balaban J connectivity index is 2.15. The van der Waals surface area contributed by atoms with Gasteiger partial charge in [0.05, 0.1) is 26.5 Å². The Morgan fingerprint density at radius 1 is 1.33 bits per heavy atom. The molecular formula is C12H14N4O4S. The first-order valence-corrected chi connectivity index (χ1v) is 6.94. The molecular weight excluding hydrogens is 296 g/mol. The molecule has 8 nitrogen and oxygen atoms in total. The van der Waals surface area contributed by atoms with Crippen molar-refractivity contribution in [1.29, 1.82) is 0 Å². The van der Waals surface area contributed by atoms with Crippen molar-refractivity contribution in [3.05, 3.63) is 23.8 Å². The SMILES string of the molecule is COc1ccc(Cn2nnnc2SCC(=O)O)cc1OC. The van der Waals surface area contributed by atoms with Crippen molar-refractivity contribution in [3.8, 4) is 11.5 Å². The fourth-order valence-electron chi connectivity index (χ4n) is 1.68. The van der Waals surface area contributed by atoms with E-state index in [9.17, 15) is 4.79 Å². The molecule has 0 aliphatic carbocycles. The minimum atomic E-state index is -0.916. The molecule has 0 unspecified atom stereocenters. The van der Waals surface area contributed by atoms with Gasteiger partial charge in [-0.25, -0.2) is 4.68 Å². The van der Waals surface area contributed by atoms with Crippen molar-refractivity contribution >= 4 is 17.7 Å². The topological polar surface area (TPSA) is 99.4 Å². The summed E-state index contributed by atoms with van der Waals surface area (Å²) in [6.07, 6.45) is 0. The molecule has 0 bridgehead atoms. The van der Waals surface area contributed by atoms with Gasteiger partial charge in [-0.05, 0) is 28.1 Å². The molecule has 0 aliphatic rings. The second-order valence-corrected chi connectivity index (χ2v) is 4.93. The van der Waals surface area contributed by atoms with Crippen LogP contribution in [0, 0.1) is 0 Å². The largest absolute Gasteiger partial charge is 0.493 e. The first-order valence-electron chi connectivity index (χ1n) is 5.95. The highest BCUT2D eigenvalue weighted by atomic mass is 32.2. The summed E-state index contributed by atoms with van der Waals surface area (Å²) in [6.45, 7) is 0.412. The molecule has 0 atom stereocenters. The van der Waals surface area contributed by atoms with Crippen LogP contribution >= 0.6 is 11.8 Å². The van der Waals surface area contributed by atoms with E-state index in [0.717, 1.165) is 17.3 Å². The van der Waals surface area contributed by atoms with Gasteiger partial charge in [-0.2, -0.15) is 0 Å². The lowest BCUT2D eigenvalue weighted by molar-refractivity contribution is -0.133. The molecule has 1 heterocycles. The van der Waals surface area contributed by atoms with Gasteiger partial charge in [0.2, 0.25) is 5.16 Å². The molecule has 1 N–H and O–H groups in total. The van der Waals surface area contributed by atoms with Crippen LogP contribution in [0.1, 0.15) is 5.56 Å². The predicted molar refractivity (Wildman–Crippen MR) is 74.8 cm³/mol. The van der Waals surface area contributed by atoms with E-state index in [-0.39, 0.29) is 5.75 Å². The van der Waals surface area contributed by atoms with Crippen molar-refractivity contribution < 1.29 is 19.4 Å². The van der Waals surface area contributed by atoms with E-state index in [2.05, 4.69) is 15.5 Å². The van der Waals surface area contributed by atoms with E-state index in [0.29, 0.717) is 23.2 Å². The summed E-state index contributed by atoms with van der Waals surface area (Å²) in [5, 5.41) is 20.4.